The first-order valence-electron chi connectivity index (χ1n) is 41.2. The second-order valence-corrected chi connectivity index (χ2v) is 33.4. The molecular weight excluding hydrogens is 1670 g/mol. The van der Waals surface area contributed by atoms with E-state index in [1.807, 2.05) is 0 Å². The molecule has 3 aromatic rings. The van der Waals surface area contributed by atoms with E-state index in [0.29, 0.717) is 43.1 Å². The molecule has 42 nitrogen and oxygen atoms in total. The lowest BCUT2D eigenvalue weighted by Gasteiger charge is -2.43. The number of aliphatic hydroxyl groups excluding tert-OH is 3. The number of aromatic nitrogens is 1. The summed E-state index contributed by atoms with van der Waals surface area (Å²) in [6.45, 7) is 10.2. The number of aliphatic hydroxyl groups is 3. The lowest BCUT2D eigenvalue weighted by Crippen LogP contribution is -2.61. The number of Topliss-reactive ketones (excluding diaryl/α,β-unsaturated/α-hetero) is 2. The summed E-state index contributed by atoms with van der Waals surface area (Å²) in [7, 11) is 0.178. The van der Waals surface area contributed by atoms with Crippen LogP contribution in [0.5, 0.6) is 11.5 Å². The largest absolute Gasteiger partial charge is 0.494 e. The minimum atomic E-state index is -2.42. The fraction of sp³-hybridized carbons (Fsp3) is 0.634. The van der Waals surface area contributed by atoms with Crippen LogP contribution in [0.1, 0.15) is 148 Å². The molecule has 1 saturated carbocycles. The molecular formula is C82H117N11O31S. The Morgan fingerprint density at radius 1 is 0.744 bits per heavy atom. The van der Waals surface area contributed by atoms with Crippen LogP contribution in [0.3, 0.4) is 0 Å². The molecule has 2 bridgehead atoms. The fourth-order valence-electron chi connectivity index (χ4n) is 14.6. The van der Waals surface area contributed by atoms with Crippen LogP contribution in [-0.4, -0.2) is 294 Å². The lowest BCUT2D eigenvalue weighted by molar-refractivity contribution is -0.213. The summed E-state index contributed by atoms with van der Waals surface area (Å²) in [5.74, 6) is -19.9. The maximum atomic E-state index is 15.3. The second kappa shape index (κ2) is 48.5. The maximum Gasteiger partial charge on any atom is 0.431 e. The van der Waals surface area contributed by atoms with Gasteiger partial charge in [-0.05, 0) is 81.3 Å². The zero-order valence-corrected chi connectivity index (χ0v) is 72.8. The second-order valence-electron chi connectivity index (χ2n) is 32.0. The molecule has 3 aliphatic heterocycles. The number of ether oxygens (including phenoxy) is 10. The van der Waals surface area contributed by atoms with Gasteiger partial charge in [0.1, 0.15) is 52.8 Å². The number of carbonyl (C=O) groups excluding carboxylic acids is 16. The number of unbranched alkanes of at least 4 members (excludes halogenated alkanes) is 3. The third kappa shape index (κ3) is 30.7. The summed E-state index contributed by atoms with van der Waals surface area (Å²) in [5.41, 5.74) is 7.62. The van der Waals surface area contributed by atoms with Crippen molar-refractivity contribution in [2.24, 2.45) is 35.3 Å². The Bertz CT molecular complexity index is 4370. The van der Waals surface area contributed by atoms with Crippen molar-refractivity contribution in [2.45, 2.75) is 211 Å². The Balaban J connectivity index is 1.07. The molecule has 13 N–H and O–H groups in total. The van der Waals surface area contributed by atoms with Crippen molar-refractivity contribution in [1.82, 2.24) is 52.2 Å². The third-order valence-corrected chi connectivity index (χ3v) is 22.5. The number of methoxy groups -OCH3 is 1. The van der Waals surface area contributed by atoms with Crippen LogP contribution < -0.4 is 52.6 Å². The first-order chi connectivity index (χ1) is 59.2. The number of H-pyrrole nitrogens is 1. The van der Waals surface area contributed by atoms with E-state index in [1.165, 1.54) is 37.1 Å². The highest BCUT2D eigenvalue weighted by atomic mass is 32.2. The van der Waals surface area contributed by atoms with Crippen molar-refractivity contribution >= 4 is 117 Å². The van der Waals surface area contributed by atoms with Gasteiger partial charge in [0.15, 0.2) is 29.9 Å². The molecule has 0 spiro atoms. The summed E-state index contributed by atoms with van der Waals surface area (Å²) in [5, 5.41) is 47.7. The van der Waals surface area contributed by atoms with E-state index in [1.54, 1.807) is 52.8 Å². The number of carbonyl (C=O) groups is 16. The van der Waals surface area contributed by atoms with Crippen LogP contribution >= 0.6 is 0 Å². The van der Waals surface area contributed by atoms with Crippen molar-refractivity contribution in [3.8, 4) is 11.5 Å². The highest BCUT2D eigenvalue weighted by Crippen LogP contribution is 2.38. The molecule has 4 heterocycles. The topological polar surface area (TPSA) is 585 Å². The number of aromatic amines is 1. The van der Waals surface area contributed by atoms with E-state index in [4.69, 9.17) is 57.9 Å². The SMILES string of the molecule is CC[C@H](C)[C@@H]1NC(=O)CNC(=O)[C@H]2CC(=O)[C@H]([C@@H](C)[C@@H](O)CO)NC(=O)[C@@H]3C[C@@H](O)CN3C(=O)[C@H](CC(N)=O)CC(=O)[C@H](CS(=O)c3[nH]c4cc(OCCCCCCN(C)C(=O)OCc5ccc(OC6C[C@H](C(=O)OC)[C@@H](OC(C)=O)[C@H](OC(C)=O)[C@H]6OC(C)=O)c(C(=O)NCCOCCOCCONC(=O)OC(C)(C)C)c5)ccc4c3C2)NC(=O)CNC1=O. The zero-order chi connectivity index (χ0) is 92.1. The fourth-order valence-corrected chi connectivity index (χ4v) is 16.0. The van der Waals surface area contributed by atoms with Crippen LogP contribution in [0.25, 0.3) is 10.9 Å². The van der Waals surface area contributed by atoms with Gasteiger partial charge in [-0.1, -0.05) is 46.1 Å². The number of nitrogens with two attached hydrogens (primary N) is 1. The van der Waals surface area contributed by atoms with E-state index < -0.39 is 266 Å². The van der Waals surface area contributed by atoms with Gasteiger partial charge in [0.05, 0.1) is 124 Å². The highest BCUT2D eigenvalue weighted by molar-refractivity contribution is 7.85. The quantitative estimate of drug-likeness (QED) is 0.0158. The predicted octanol–water partition coefficient (Wildman–Crippen LogP) is -0.282. The van der Waals surface area contributed by atoms with Crippen molar-refractivity contribution in [3.63, 3.8) is 0 Å². The maximum absolute atomic E-state index is 15.3. The van der Waals surface area contributed by atoms with Crippen LogP contribution in [0.15, 0.2) is 41.4 Å². The number of hydrogen-bond acceptors (Lipinski definition) is 31. The van der Waals surface area contributed by atoms with Crippen molar-refractivity contribution < 1.29 is 148 Å². The zero-order valence-electron chi connectivity index (χ0n) is 72.0. The molecule has 16 atom stereocenters. The molecule has 43 heteroatoms. The molecule has 4 aliphatic rings. The molecule has 10 amide bonds. The van der Waals surface area contributed by atoms with Crippen molar-refractivity contribution in [3.05, 3.63) is 53.1 Å². The molecule has 7 rings (SSSR count). The molecule has 1 aliphatic carbocycles. The normalized spacial score (nSPS) is 23.9. The van der Waals surface area contributed by atoms with Crippen molar-refractivity contribution in [1.29, 1.82) is 0 Å². The Kier molecular flexibility index (Phi) is 39.2. The minimum absolute atomic E-state index is 0.00168. The van der Waals surface area contributed by atoms with E-state index >= 15 is 9.00 Å². The van der Waals surface area contributed by atoms with Gasteiger partial charge in [-0.25, -0.2) is 9.59 Å². The minimum Gasteiger partial charge on any atom is -0.494 e. The summed E-state index contributed by atoms with van der Waals surface area (Å²) in [6.07, 6.45) is -11.8. The number of fused-ring (bicyclic) bond motifs is 5. The monoisotopic (exact) mass is 1780 g/mol. The van der Waals surface area contributed by atoms with Crippen LogP contribution in [-0.2, 0) is 129 Å². The van der Waals surface area contributed by atoms with Gasteiger partial charge in [0, 0.05) is 103 Å². The highest BCUT2D eigenvalue weighted by Gasteiger charge is 2.55. The third-order valence-electron chi connectivity index (χ3n) is 21.1. The first kappa shape index (κ1) is 101. The van der Waals surface area contributed by atoms with Gasteiger partial charge >= 0.3 is 36.1 Å². The van der Waals surface area contributed by atoms with Gasteiger partial charge in [-0.2, -0.15) is 5.48 Å². The van der Waals surface area contributed by atoms with Gasteiger partial charge < -0.3 is 115 Å². The standard InChI is InChI=1S/C82H117N11O31S/c1-12-43(2)68-76(108)86-37-66(103)87-58-42-125(113)77-54(30-49(73(105)85-38-67(104)89-68)31-61(100)69(44(3)62(101)40-94)90-75(107)59-34-51(98)39-93(59)78(109)50(32-60(58)99)33-65(83)102)53-19-18-52(35-57(53)88-77)117-23-16-14-13-15-22-92(10)81(112)118-41-48-17-20-63(55(29-48)74(106)84-21-24-115-25-26-116-27-28-119-91-80(111)124-82(7,8)9)123-64-36-56(79(110)114-11)70(120-45(4)95)72(122-47(6)97)71(64)121-46(5)96/h17-20,29,35,43-44,49-51,56,58-59,62,64,68-72,88,94,98,101H,12-16,21-28,30-34,36-42H2,1-11H3,(H2,83,102)(H,84,106)(H,85,105)(H,86,108)(H,87,103)(H,89,104)(H,90,107)(H,91,111)/t43-,44-,49+,50-,51+,56-,58-,59-,62-,64?,68-,69-,70+,71-,72-,125?/m0/s1. The van der Waals surface area contributed by atoms with Gasteiger partial charge in [0.25, 0.3) is 5.91 Å². The van der Waals surface area contributed by atoms with Crippen LogP contribution in [0.4, 0.5) is 9.59 Å². The average Bonchev–Trinajstić information content (AvgIpc) is 1.71. The number of benzene rings is 2. The molecule has 1 saturated heterocycles. The Labute approximate surface area is 723 Å². The Morgan fingerprint density at radius 2 is 1.40 bits per heavy atom. The number of esters is 4. The average molecular weight is 1780 g/mol. The number of primary amides is 1. The summed E-state index contributed by atoms with van der Waals surface area (Å²) in [6, 6.07) is 2.60. The summed E-state index contributed by atoms with van der Waals surface area (Å²) in [4.78, 5) is 229. The van der Waals surface area contributed by atoms with E-state index in [2.05, 4.69) is 42.4 Å². The van der Waals surface area contributed by atoms with Crippen LogP contribution in [0, 0.1) is 29.6 Å². The van der Waals surface area contributed by atoms with E-state index in [-0.39, 0.29) is 98.9 Å². The predicted molar refractivity (Wildman–Crippen MR) is 437 cm³/mol. The molecule has 2 fully saturated rings. The van der Waals surface area contributed by atoms with Crippen molar-refractivity contribution in [2.75, 3.05) is 98.9 Å². The number of hydrogen-bond donors (Lipinski definition) is 12. The van der Waals surface area contributed by atoms with Gasteiger partial charge in [-0.15, -0.1) is 0 Å². The van der Waals surface area contributed by atoms with E-state index in [0.717, 1.165) is 32.8 Å². The van der Waals surface area contributed by atoms with Crippen LogP contribution in [0.2, 0.25) is 0 Å². The molecule has 0 radical (unpaired) electrons. The number of amides is 10. The lowest BCUT2D eigenvalue weighted by atomic mass is 9.80. The number of nitrogens with zero attached hydrogens (tertiary/aromatic N) is 2. The smallest absolute Gasteiger partial charge is 0.431 e. The first-order valence-corrected chi connectivity index (χ1v) is 42.6. The number of nitrogens with one attached hydrogen (secondary N) is 8. The summed E-state index contributed by atoms with van der Waals surface area (Å²) < 4.78 is 71.6. The number of ketones is 2. The molecule has 2 unspecified atom stereocenters. The Morgan fingerprint density at radius 3 is 2.06 bits per heavy atom. The summed E-state index contributed by atoms with van der Waals surface area (Å²) >= 11 is 0. The van der Waals surface area contributed by atoms with Gasteiger partial charge in [0.2, 0.25) is 41.4 Å². The van der Waals surface area contributed by atoms with Gasteiger partial charge in [-0.3, -0.25) is 76.2 Å². The molecule has 692 valence electrons. The number of rotatable bonds is 34. The molecule has 125 heavy (non-hydrogen) atoms. The molecule has 1 aromatic heterocycles. The van der Waals surface area contributed by atoms with E-state index in [9.17, 15) is 87.2 Å². The molecule has 2 aromatic carbocycles. The number of hydroxylamine groups is 1. The Hall–Kier alpha value is -11.0.